The van der Waals surface area contributed by atoms with Crippen LogP contribution in [0, 0.1) is 5.41 Å². The molecule has 0 atom stereocenters. The summed E-state index contributed by atoms with van der Waals surface area (Å²) in [5.41, 5.74) is 0.231. The van der Waals surface area contributed by atoms with Crippen molar-refractivity contribution in [3.05, 3.63) is 85.0 Å². The molecule has 1 fully saturated rings. The first-order valence-corrected chi connectivity index (χ1v) is 13.7. The van der Waals surface area contributed by atoms with Crippen molar-refractivity contribution in [2.24, 2.45) is 5.41 Å². The van der Waals surface area contributed by atoms with Gasteiger partial charge in [0.2, 0.25) is 8.24 Å². The highest BCUT2D eigenvalue weighted by molar-refractivity contribution is 7.03. The van der Waals surface area contributed by atoms with Gasteiger partial charge in [-0.3, -0.25) is 0 Å². The average molecular weight is 416 g/mol. The van der Waals surface area contributed by atoms with E-state index in [-0.39, 0.29) is 10.5 Å². The van der Waals surface area contributed by atoms with Gasteiger partial charge in [0.1, 0.15) is 0 Å². The number of hydrogen-bond acceptors (Lipinski definition) is 1. The number of rotatable bonds is 6. The van der Waals surface area contributed by atoms with Gasteiger partial charge >= 0.3 is 0 Å². The molecule has 2 aliphatic rings. The lowest BCUT2D eigenvalue weighted by molar-refractivity contribution is 0.348. The minimum absolute atomic E-state index is 0.0192. The second-order valence-electron chi connectivity index (χ2n) is 10.5. The van der Waals surface area contributed by atoms with Crippen LogP contribution >= 0.6 is 0 Å². The van der Waals surface area contributed by atoms with Gasteiger partial charge in [-0.1, -0.05) is 125 Å². The Hall–Kier alpha value is -1.90. The monoisotopic (exact) mass is 415 g/mol. The van der Waals surface area contributed by atoms with E-state index in [1.54, 1.807) is 0 Å². The van der Waals surface area contributed by atoms with Crippen molar-refractivity contribution < 1.29 is 0 Å². The van der Waals surface area contributed by atoms with Gasteiger partial charge in [-0.15, -0.1) is 0 Å². The summed E-state index contributed by atoms with van der Waals surface area (Å²) in [6, 6.07) is 23.4. The molecule has 0 unspecified atom stereocenters. The summed E-state index contributed by atoms with van der Waals surface area (Å²) in [5, 5.41) is 3.02. The summed E-state index contributed by atoms with van der Waals surface area (Å²) in [6.07, 6.45) is 17.5. The van der Waals surface area contributed by atoms with Crippen molar-refractivity contribution in [1.29, 1.82) is 0 Å². The molecule has 2 aliphatic carbocycles. The van der Waals surface area contributed by atoms with Crippen LogP contribution in [0.1, 0.15) is 59.3 Å². The predicted molar refractivity (Wildman–Crippen MR) is 133 cm³/mol. The van der Waals surface area contributed by atoms with Crippen molar-refractivity contribution in [3.63, 3.8) is 0 Å². The van der Waals surface area contributed by atoms with E-state index in [1.165, 1.54) is 42.5 Å². The van der Waals surface area contributed by atoms with Crippen molar-refractivity contribution >= 4 is 18.6 Å². The van der Waals surface area contributed by atoms with Gasteiger partial charge in [0.15, 0.2) is 0 Å². The van der Waals surface area contributed by atoms with Crippen LogP contribution in [0.5, 0.6) is 0 Å². The van der Waals surface area contributed by atoms with Crippen LogP contribution in [0.3, 0.4) is 0 Å². The Morgan fingerprint density at radius 1 is 0.800 bits per heavy atom. The summed E-state index contributed by atoms with van der Waals surface area (Å²) < 4.78 is 0. The molecule has 1 saturated carbocycles. The highest BCUT2D eigenvalue weighted by Gasteiger charge is 2.56. The van der Waals surface area contributed by atoms with E-state index in [2.05, 4.69) is 111 Å². The van der Waals surface area contributed by atoms with Gasteiger partial charge in [0.25, 0.3) is 0 Å². The fraction of sp³-hybridized carbons (Fsp3) is 0.429. The maximum Gasteiger partial charge on any atom is 0.204 e. The summed E-state index contributed by atoms with van der Waals surface area (Å²) in [6.45, 7) is 7.18. The average Bonchev–Trinajstić information content (AvgIpc) is 3.22. The number of allylic oxidation sites excluding steroid dienone is 4. The Labute approximate surface area is 184 Å². The topological polar surface area (TPSA) is 12.0 Å². The van der Waals surface area contributed by atoms with Crippen molar-refractivity contribution in [2.75, 3.05) is 0 Å². The van der Waals surface area contributed by atoms with Crippen LogP contribution in [-0.2, 0) is 0 Å². The Morgan fingerprint density at radius 2 is 1.30 bits per heavy atom. The normalized spacial score (nSPS) is 19.3. The fourth-order valence-electron chi connectivity index (χ4n) is 5.82. The predicted octanol–water partition coefficient (Wildman–Crippen LogP) is 5.97. The molecule has 4 rings (SSSR count). The third-order valence-electron chi connectivity index (χ3n) is 6.86. The van der Waals surface area contributed by atoms with E-state index in [0.717, 1.165) is 6.42 Å². The zero-order valence-corrected chi connectivity index (χ0v) is 19.9. The first kappa shape index (κ1) is 21.3. The van der Waals surface area contributed by atoms with Crippen LogP contribution in [-0.4, -0.2) is 14.3 Å². The molecule has 0 radical (unpaired) electrons. The van der Waals surface area contributed by atoms with E-state index in [9.17, 15) is 0 Å². The molecular weight excluding hydrogens is 378 g/mol. The van der Waals surface area contributed by atoms with E-state index in [1.807, 2.05) is 0 Å². The van der Waals surface area contributed by atoms with E-state index >= 15 is 0 Å². The van der Waals surface area contributed by atoms with Gasteiger partial charge in [-0.25, -0.2) is 0 Å². The molecule has 0 saturated heterocycles. The van der Waals surface area contributed by atoms with E-state index in [4.69, 9.17) is 0 Å². The molecule has 0 amide bonds. The first-order valence-electron chi connectivity index (χ1n) is 11.7. The van der Waals surface area contributed by atoms with Crippen LogP contribution in [0.4, 0.5) is 0 Å². The lowest BCUT2D eigenvalue weighted by Gasteiger charge is -2.51. The zero-order valence-electron chi connectivity index (χ0n) is 18.9. The molecule has 1 N–H and O–H groups in total. The Bertz CT molecular complexity index is 818. The second kappa shape index (κ2) is 8.68. The summed E-state index contributed by atoms with van der Waals surface area (Å²) >= 11 is 0. The number of nitrogens with one attached hydrogen (secondary N) is 1. The molecule has 0 aromatic heterocycles. The Kier molecular flexibility index (Phi) is 6.18. The molecule has 30 heavy (non-hydrogen) atoms. The lowest BCUT2D eigenvalue weighted by Crippen LogP contribution is -2.76. The molecular formula is C28H37NSi. The molecule has 1 nitrogen and oxygen atoms in total. The van der Waals surface area contributed by atoms with Crippen molar-refractivity contribution in [1.82, 2.24) is 4.98 Å². The number of benzene rings is 2. The zero-order chi connectivity index (χ0) is 21.1. The Balaban J connectivity index is 1.96. The van der Waals surface area contributed by atoms with Crippen LogP contribution in [0.2, 0.25) is 5.04 Å². The van der Waals surface area contributed by atoms with Gasteiger partial charge in [-0.05, 0) is 35.1 Å². The van der Waals surface area contributed by atoms with Crippen LogP contribution in [0.15, 0.2) is 85.0 Å². The van der Waals surface area contributed by atoms with E-state index < -0.39 is 8.24 Å². The minimum Gasteiger partial charge on any atom is -0.327 e. The number of hydrogen-bond donors (Lipinski definition) is 1. The summed E-state index contributed by atoms with van der Waals surface area (Å²) in [5.74, 6) is 0. The first-order chi connectivity index (χ1) is 14.5. The maximum absolute atomic E-state index is 4.44. The molecule has 2 heteroatoms. The quantitative estimate of drug-likeness (QED) is 0.573. The second-order valence-corrected chi connectivity index (χ2v) is 14.3. The molecule has 0 spiro atoms. The van der Waals surface area contributed by atoms with Crippen LogP contribution in [0.25, 0.3) is 0 Å². The van der Waals surface area contributed by atoms with Gasteiger partial charge in [-0.2, -0.15) is 0 Å². The standard InChI is InChI=1S/C28H37NSi/c1-27(2,3)23-28(21-13-14-22-28)30(25-17-9-5-10-18-25,26-19-11-6-12-20-26)29-24-15-7-4-8-16-24/h5-6,9-14,17-22,24,29H,4,7-8,15-16,23H2,1-3H3. The SMILES string of the molecule is CC(C)(C)CC1([Si](NC2CCCCC2)(c2ccccc2)c2ccccc2)C=CC=C1. The van der Waals surface area contributed by atoms with Crippen LogP contribution < -0.4 is 15.4 Å². The molecule has 0 aliphatic heterocycles. The highest BCUT2D eigenvalue weighted by Crippen LogP contribution is 2.51. The Morgan fingerprint density at radius 3 is 1.77 bits per heavy atom. The summed E-state index contributed by atoms with van der Waals surface area (Å²) in [7, 11) is -2.39. The van der Waals surface area contributed by atoms with Gasteiger partial charge < -0.3 is 4.98 Å². The molecule has 158 valence electrons. The maximum atomic E-state index is 4.44. The fourth-order valence-corrected chi connectivity index (χ4v) is 11.6. The molecule has 0 heterocycles. The lowest BCUT2D eigenvalue weighted by atomic mass is 9.84. The molecule has 2 aromatic rings. The molecule has 0 bridgehead atoms. The third kappa shape index (κ3) is 4.13. The highest BCUT2D eigenvalue weighted by atomic mass is 28.3. The van der Waals surface area contributed by atoms with E-state index in [0.29, 0.717) is 6.04 Å². The van der Waals surface area contributed by atoms with Crippen molar-refractivity contribution in [3.8, 4) is 0 Å². The molecule has 2 aromatic carbocycles. The third-order valence-corrected chi connectivity index (χ3v) is 12.0. The van der Waals surface area contributed by atoms with Gasteiger partial charge in [0.05, 0.1) is 0 Å². The minimum atomic E-state index is -2.39. The summed E-state index contributed by atoms with van der Waals surface area (Å²) in [4.78, 5) is 4.44. The smallest absolute Gasteiger partial charge is 0.204 e. The van der Waals surface area contributed by atoms with Gasteiger partial charge in [0, 0.05) is 11.1 Å². The van der Waals surface area contributed by atoms with Crippen molar-refractivity contribution in [2.45, 2.75) is 70.4 Å². The largest absolute Gasteiger partial charge is 0.327 e.